The average molecular weight is 420 g/mol. The molecule has 0 aliphatic rings. The van der Waals surface area contributed by atoms with E-state index >= 15 is 0 Å². The molecule has 0 fully saturated rings. The molecule has 0 saturated carbocycles. The van der Waals surface area contributed by atoms with Crippen molar-refractivity contribution in [2.24, 2.45) is 0 Å². The fraction of sp³-hybridized carbons (Fsp3) is 0.111. The first-order valence-electron chi connectivity index (χ1n) is 7.22. The van der Waals surface area contributed by atoms with Gasteiger partial charge < -0.3 is 10.6 Å². The summed E-state index contributed by atoms with van der Waals surface area (Å²) in [7, 11) is 0. The predicted molar refractivity (Wildman–Crippen MR) is 99.7 cm³/mol. The van der Waals surface area contributed by atoms with E-state index in [4.69, 9.17) is 0 Å². The molecule has 0 spiro atoms. The molecule has 2 aromatic carbocycles. The lowest BCUT2D eigenvalue weighted by Gasteiger charge is -2.10. The Hall–Kier alpha value is -2.15. The van der Waals surface area contributed by atoms with Crippen LogP contribution in [0.3, 0.4) is 0 Å². The molecule has 0 heterocycles. The minimum absolute atomic E-state index is 0.224. The lowest BCUT2D eigenvalue weighted by molar-refractivity contribution is -0.117. The van der Waals surface area contributed by atoms with Gasteiger partial charge in [-0.15, -0.1) is 0 Å². The number of likely N-dealkylation sites (N-methyl/N-ethyl adjacent to an activating group) is 1. The summed E-state index contributed by atoms with van der Waals surface area (Å²) >= 11 is 2.17. The Balaban J connectivity index is 2.24. The molecule has 0 radical (unpaired) electrons. The molecule has 2 aromatic rings. The van der Waals surface area contributed by atoms with Crippen LogP contribution in [0.4, 0.5) is 0 Å². The molecule has 0 atom stereocenters. The number of hydrogen-bond donors (Lipinski definition) is 2. The van der Waals surface area contributed by atoms with Gasteiger partial charge in [-0.2, -0.15) is 0 Å². The van der Waals surface area contributed by atoms with Crippen molar-refractivity contribution < 1.29 is 9.59 Å². The van der Waals surface area contributed by atoms with Gasteiger partial charge in [0.25, 0.3) is 11.8 Å². The number of carbonyl (C=O) groups is 2. The predicted octanol–water partition coefficient (Wildman–Crippen LogP) is 3.20. The van der Waals surface area contributed by atoms with Crippen LogP contribution in [-0.4, -0.2) is 18.4 Å². The second-order valence-electron chi connectivity index (χ2n) is 4.79. The zero-order chi connectivity index (χ0) is 16.7. The molecule has 0 saturated heterocycles. The van der Waals surface area contributed by atoms with Gasteiger partial charge >= 0.3 is 0 Å². The molecule has 2 N–H and O–H groups in total. The van der Waals surface area contributed by atoms with Crippen molar-refractivity contribution >= 4 is 40.5 Å². The number of carbonyl (C=O) groups excluding carboxylic acids is 2. The molecule has 2 rings (SSSR count). The highest BCUT2D eigenvalue weighted by atomic mass is 127. The summed E-state index contributed by atoms with van der Waals surface area (Å²) in [6.45, 7) is 2.32. The van der Waals surface area contributed by atoms with Gasteiger partial charge in [-0.3, -0.25) is 9.59 Å². The van der Waals surface area contributed by atoms with Gasteiger partial charge in [0.15, 0.2) is 0 Å². The molecule has 0 bridgehead atoms. The summed E-state index contributed by atoms with van der Waals surface area (Å²) < 4.78 is 1.04. The van der Waals surface area contributed by atoms with Crippen LogP contribution in [0.1, 0.15) is 22.8 Å². The van der Waals surface area contributed by atoms with E-state index < -0.39 is 0 Å². The highest BCUT2D eigenvalue weighted by Crippen LogP contribution is 2.09. The summed E-state index contributed by atoms with van der Waals surface area (Å²) in [5.41, 5.74) is 1.58. The van der Waals surface area contributed by atoms with Gasteiger partial charge in [-0.25, -0.2) is 0 Å². The molecule has 0 aliphatic heterocycles. The maximum absolute atomic E-state index is 12.3. The van der Waals surface area contributed by atoms with E-state index in [-0.39, 0.29) is 17.5 Å². The van der Waals surface area contributed by atoms with Gasteiger partial charge in [0.05, 0.1) is 0 Å². The van der Waals surface area contributed by atoms with E-state index in [0.717, 1.165) is 9.13 Å². The third-order valence-corrected chi connectivity index (χ3v) is 3.77. The maximum atomic E-state index is 12.3. The Morgan fingerprint density at radius 3 is 2.30 bits per heavy atom. The van der Waals surface area contributed by atoms with Crippen molar-refractivity contribution in [2.45, 2.75) is 6.92 Å². The zero-order valence-electron chi connectivity index (χ0n) is 12.7. The van der Waals surface area contributed by atoms with Crippen LogP contribution < -0.4 is 10.6 Å². The summed E-state index contributed by atoms with van der Waals surface area (Å²) in [6.07, 6.45) is 1.66. The van der Waals surface area contributed by atoms with Gasteiger partial charge in [0.1, 0.15) is 5.70 Å². The molecule has 5 heteroatoms. The Morgan fingerprint density at radius 1 is 1.04 bits per heavy atom. The van der Waals surface area contributed by atoms with Crippen LogP contribution in [0, 0.1) is 3.57 Å². The van der Waals surface area contributed by atoms with Crippen LogP contribution in [0.15, 0.2) is 60.3 Å². The third-order valence-electron chi connectivity index (χ3n) is 3.05. The van der Waals surface area contributed by atoms with Crippen molar-refractivity contribution in [3.8, 4) is 0 Å². The largest absolute Gasteiger partial charge is 0.351 e. The van der Waals surface area contributed by atoms with Crippen LogP contribution in [0.2, 0.25) is 0 Å². The molecule has 2 amide bonds. The number of halogens is 1. The smallest absolute Gasteiger partial charge is 0.267 e. The topological polar surface area (TPSA) is 58.2 Å². The third kappa shape index (κ3) is 5.21. The Labute approximate surface area is 149 Å². The number of amides is 2. The van der Waals surface area contributed by atoms with Crippen molar-refractivity contribution in [1.82, 2.24) is 10.6 Å². The zero-order valence-corrected chi connectivity index (χ0v) is 14.8. The maximum Gasteiger partial charge on any atom is 0.267 e. The van der Waals surface area contributed by atoms with E-state index in [0.29, 0.717) is 12.1 Å². The second-order valence-corrected chi connectivity index (χ2v) is 6.03. The standard InChI is InChI=1S/C18H17IN2O2/c1-2-20-18(23)16(12-13-6-4-3-5-7-13)21-17(22)14-8-10-15(19)11-9-14/h3-12H,2H2,1H3,(H,20,23)(H,21,22). The van der Waals surface area contributed by atoms with Gasteiger partial charge in [-0.05, 0) is 65.4 Å². The van der Waals surface area contributed by atoms with Crippen LogP contribution >= 0.6 is 22.6 Å². The Morgan fingerprint density at radius 2 is 1.70 bits per heavy atom. The summed E-state index contributed by atoms with van der Waals surface area (Å²) in [4.78, 5) is 24.5. The normalized spacial score (nSPS) is 11.0. The van der Waals surface area contributed by atoms with E-state index in [1.807, 2.05) is 49.4 Å². The quantitative estimate of drug-likeness (QED) is 0.577. The number of benzene rings is 2. The molecule has 0 unspecified atom stereocenters. The molecule has 118 valence electrons. The summed E-state index contributed by atoms with van der Waals surface area (Å²) in [5, 5.41) is 5.40. The van der Waals surface area contributed by atoms with E-state index in [1.165, 1.54) is 0 Å². The summed E-state index contributed by atoms with van der Waals surface area (Å²) in [6, 6.07) is 16.6. The molecule has 23 heavy (non-hydrogen) atoms. The first-order chi connectivity index (χ1) is 11.1. The highest BCUT2D eigenvalue weighted by Gasteiger charge is 2.13. The van der Waals surface area contributed by atoms with E-state index in [9.17, 15) is 9.59 Å². The van der Waals surface area contributed by atoms with Gasteiger partial charge in [0, 0.05) is 15.7 Å². The first-order valence-corrected chi connectivity index (χ1v) is 8.30. The number of hydrogen-bond acceptors (Lipinski definition) is 2. The SMILES string of the molecule is CCNC(=O)C(=Cc1ccccc1)NC(=O)c1ccc(I)cc1. The van der Waals surface area contributed by atoms with Crippen LogP contribution in [-0.2, 0) is 4.79 Å². The lowest BCUT2D eigenvalue weighted by Crippen LogP contribution is -2.34. The molecule has 0 aromatic heterocycles. The first kappa shape index (κ1) is 17.2. The lowest BCUT2D eigenvalue weighted by atomic mass is 10.1. The summed E-state index contributed by atoms with van der Waals surface area (Å²) in [5.74, 6) is -0.620. The van der Waals surface area contributed by atoms with Crippen molar-refractivity contribution in [2.75, 3.05) is 6.54 Å². The fourth-order valence-corrected chi connectivity index (χ4v) is 2.29. The minimum Gasteiger partial charge on any atom is -0.351 e. The number of rotatable bonds is 5. The number of nitrogens with one attached hydrogen (secondary N) is 2. The molecular formula is C18H17IN2O2. The van der Waals surface area contributed by atoms with Crippen LogP contribution in [0.5, 0.6) is 0 Å². The molecule has 0 aliphatic carbocycles. The van der Waals surface area contributed by atoms with Gasteiger partial charge in [0.2, 0.25) is 0 Å². The average Bonchev–Trinajstić information content (AvgIpc) is 2.56. The minimum atomic E-state index is -0.310. The molecular weight excluding hydrogens is 403 g/mol. The van der Waals surface area contributed by atoms with Crippen molar-refractivity contribution in [3.63, 3.8) is 0 Å². The van der Waals surface area contributed by atoms with E-state index in [2.05, 4.69) is 33.2 Å². The van der Waals surface area contributed by atoms with Crippen molar-refractivity contribution in [3.05, 3.63) is 75.0 Å². The molecule has 4 nitrogen and oxygen atoms in total. The monoisotopic (exact) mass is 420 g/mol. The highest BCUT2D eigenvalue weighted by molar-refractivity contribution is 14.1. The Kier molecular flexibility index (Phi) is 6.34. The van der Waals surface area contributed by atoms with Crippen LogP contribution in [0.25, 0.3) is 6.08 Å². The Bertz CT molecular complexity index is 710. The second kappa shape index (κ2) is 8.47. The fourth-order valence-electron chi connectivity index (χ4n) is 1.93. The van der Waals surface area contributed by atoms with E-state index in [1.54, 1.807) is 18.2 Å². The van der Waals surface area contributed by atoms with Crippen molar-refractivity contribution in [1.29, 1.82) is 0 Å². The van der Waals surface area contributed by atoms with Gasteiger partial charge in [-0.1, -0.05) is 30.3 Å².